The molecule has 0 saturated heterocycles. The van der Waals surface area contributed by atoms with Crippen molar-refractivity contribution in [1.29, 1.82) is 0 Å². The predicted molar refractivity (Wildman–Crippen MR) is 106 cm³/mol. The van der Waals surface area contributed by atoms with E-state index >= 15 is 0 Å². The van der Waals surface area contributed by atoms with E-state index in [-0.39, 0.29) is 22.9 Å². The van der Waals surface area contributed by atoms with E-state index in [1.807, 2.05) is 0 Å². The molecule has 0 unspecified atom stereocenters. The Morgan fingerprint density at radius 3 is 2.54 bits per heavy atom. The molecule has 1 aliphatic carbocycles. The lowest BCUT2D eigenvalue weighted by Gasteiger charge is -2.16. The molecule has 2 aromatic carbocycles. The third kappa shape index (κ3) is 4.36. The fourth-order valence-electron chi connectivity index (χ4n) is 2.95. The number of carbonyl (C=O) groups is 1. The van der Waals surface area contributed by atoms with E-state index in [4.69, 9.17) is 16.0 Å². The summed E-state index contributed by atoms with van der Waals surface area (Å²) in [5.41, 5.74) is 1.76. The summed E-state index contributed by atoms with van der Waals surface area (Å²) in [7, 11) is 0. The number of aromatic nitrogens is 2. The van der Waals surface area contributed by atoms with E-state index in [1.165, 1.54) is 23.9 Å². The number of benzene rings is 2. The van der Waals surface area contributed by atoms with Crippen LogP contribution in [0, 0.1) is 5.82 Å². The summed E-state index contributed by atoms with van der Waals surface area (Å²) in [6.45, 7) is 0.540. The molecule has 8 heteroatoms. The standard InChI is InChI=1S/C20H17ClFN3O2S/c21-15-5-1-13(2-6-15)18-24-25-19(27-18)28-11-17(26)23-12-20(9-10-20)14-3-7-16(22)8-4-14/h1-8H,9-12H2,(H,23,26). The maximum Gasteiger partial charge on any atom is 0.277 e. The van der Waals surface area contributed by atoms with Gasteiger partial charge in [-0.3, -0.25) is 4.79 Å². The molecule has 0 spiro atoms. The van der Waals surface area contributed by atoms with Crippen LogP contribution >= 0.6 is 23.4 Å². The number of hydrogen-bond donors (Lipinski definition) is 1. The molecule has 144 valence electrons. The largest absolute Gasteiger partial charge is 0.411 e. The number of halogens is 2. The maximum absolute atomic E-state index is 13.1. The van der Waals surface area contributed by atoms with Gasteiger partial charge < -0.3 is 9.73 Å². The van der Waals surface area contributed by atoms with Crippen LogP contribution in [-0.2, 0) is 10.2 Å². The molecule has 5 nitrogen and oxygen atoms in total. The van der Waals surface area contributed by atoms with Gasteiger partial charge in [0, 0.05) is 22.5 Å². The zero-order chi connectivity index (χ0) is 19.6. The molecule has 3 aromatic rings. The summed E-state index contributed by atoms with van der Waals surface area (Å²) >= 11 is 7.06. The molecule has 1 saturated carbocycles. The summed E-state index contributed by atoms with van der Waals surface area (Å²) in [5, 5.41) is 11.9. The zero-order valence-electron chi connectivity index (χ0n) is 14.8. The van der Waals surface area contributed by atoms with Crippen molar-refractivity contribution < 1.29 is 13.6 Å². The molecule has 1 fully saturated rings. The maximum atomic E-state index is 13.1. The Morgan fingerprint density at radius 1 is 1.14 bits per heavy atom. The Labute approximate surface area is 170 Å². The Morgan fingerprint density at radius 2 is 1.86 bits per heavy atom. The number of carbonyl (C=O) groups excluding carboxylic acids is 1. The number of hydrogen-bond acceptors (Lipinski definition) is 5. The highest BCUT2D eigenvalue weighted by atomic mass is 35.5. The van der Waals surface area contributed by atoms with Gasteiger partial charge in [-0.2, -0.15) is 0 Å². The van der Waals surface area contributed by atoms with Crippen molar-refractivity contribution in [3.8, 4) is 11.5 Å². The SMILES string of the molecule is O=C(CSc1nnc(-c2ccc(Cl)cc2)o1)NCC1(c2ccc(F)cc2)CC1. The lowest BCUT2D eigenvalue weighted by Crippen LogP contribution is -2.33. The highest BCUT2D eigenvalue weighted by Crippen LogP contribution is 2.47. The van der Waals surface area contributed by atoms with Crippen LogP contribution in [0.25, 0.3) is 11.5 Å². The van der Waals surface area contributed by atoms with Crippen molar-refractivity contribution in [2.45, 2.75) is 23.5 Å². The molecular formula is C20H17ClFN3O2S. The van der Waals surface area contributed by atoms with Gasteiger partial charge in [-0.15, -0.1) is 10.2 Å². The lowest BCUT2D eigenvalue weighted by molar-refractivity contribution is -0.118. The molecule has 4 rings (SSSR count). The van der Waals surface area contributed by atoms with Crippen LogP contribution in [0.15, 0.2) is 58.2 Å². The van der Waals surface area contributed by atoms with Crippen LogP contribution in [0.3, 0.4) is 0 Å². The van der Waals surface area contributed by atoms with E-state index in [0.717, 1.165) is 24.0 Å². The minimum atomic E-state index is -0.252. The highest BCUT2D eigenvalue weighted by molar-refractivity contribution is 7.99. The number of amides is 1. The number of nitrogens with zero attached hydrogens (tertiary/aromatic N) is 2. The van der Waals surface area contributed by atoms with Crippen molar-refractivity contribution >= 4 is 29.3 Å². The molecule has 0 aliphatic heterocycles. The quantitative estimate of drug-likeness (QED) is 0.574. The van der Waals surface area contributed by atoms with E-state index < -0.39 is 0 Å². The third-order valence-corrected chi connectivity index (χ3v) is 5.83. The first kappa shape index (κ1) is 19.0. The summed E-state index contributed by atoms with van der Waals surface area (Å²) in [5.74, 6) is 0.205. The summed E-state index contributed by atoms with van der Waals surface area (Å²) in [6, 6.07) is 13.6. The van der Waals surface area contributed by atoms with Gasteiger partial charge in [-0.25, -0.2) is 4.39 Å². The van der Waals surface area contributed by atoms with Crippen molar-refractivity contribution in [3.63, 3.8) is 0 Å². The van der Waals surface area contributed by atoms with Gasteiger partial charge in [0.2, 0.25) is 11.8 Å². The molecule has 0 atom stereocenters. The van der Waals surface area contributed by atoms with Crippen LogP contribution in [0.4, 0.5) is 4.39 Å². The van der Waals surface area contributed by atoms with Crippen LogP contribution in [-0.4, -0.2) is 28.4 Å². The number of rotatable bonds is 7. The average Bonchev–Trinajstić information content (AvgIpc) is 3.35. The first-order chi connectivity index (χ1) is 13.5. The van der Waals surface area contributed by atoms with Gasteiger partial charge in [0.05, 0.1) is 5.75 Å². The Bertz CT molecular complexity index is 972. The number of nitrogens with one attached hydrogen (secondary N) is 1. The van der Waals surface area contributed by atoms with Gasteiger partial charge in [-0.1, -0.05) is 35.5 Å². The number of thioether (sulfide) groups is 1. The fraction of sp³-hybridized carbons (Fsp3) is 0.250. The predicted octanol–water partition coefficient (Wildman–Crippen LogP) is 4.47. The second kappa shape index (κ2) is 7.93. The third-order valence-electron chi connectivity index (χ3n) is 4.76. The second-order valence-corrected chi connectivity index (χ2v) is 8.10. The Balaban J connectivity index is 1.28. The van der Waals surface area contributed by atoms with Gasteiger partial charge in [-0.05, 0) is 54.8 Å². The minimum absolute atomic E-state index is 0.0692. The topological polar surface area (TPSA) is 68.0 Å². The van der Waals surface area contributed by atoms with Crippen molar-refractivity contribution in [1.82, 2.24) is 15.5 Å². The van der Waals surface area contributed by atoms with Crippen LogP contribution < -0.4 is 5.32 Å². The van der Waals surface area contributed by atoms with Crippen LogP contribution in [0.1, 0.15) is 18.4 Å². The van der Waals surface area contributed by atoms with Crippen molar-refractivity contribution in [2.24, 2.45) is 0 Å². The van der Waals surface area contributed by atoms with E-state index in [9.17, 15) is 9.18 Å². The first-order valence-corrected chi connectivity index (χ1v) is 10.2. The van der Waals surface area contributed by atoms with Crippen molar-refractivity contribution in [2.75, 3.05) is 12.3 Å². The molecule has 0 bridgehead atoms. The summed E-state index contributed by atoms with van der Waals surface area (Å²) in [4.78, 5) is 12.2. The molecule has 1 aliphatic rings. The van der Waals surface area contributed by atoms with Crippen LogP contribution in [0.2, 0.25) is 5.02 Å². The lowest BCUT2D eigenvalue weighted by atomic mass is 9.96. The smallest absolute Gasteiger partial charge is 0.277 e. The Hall–Kier alpha value is -2.38. The second-order valence-electron chi connectivity index (χ2n) is 6.73. The first-order valence-electron chi connectivity index (χ1n) is 8.79. The molecule has 1 heterocycles. The highest BCUT2D eigenvalue weighted by Gasteiger charge is 2.44. The molecule has 1 N–H and O–H groups in total. The van der Waals surface area contributed by atoms with E-state index in [2.05, 4.69) is 15.5 Å². The van der Waals surface area contributed by atoms with Gasteiger partial charge >= 0.3 is 0 Å². The molecule has 28 heavy (non-hydrogen) atoms. The summed E-state index contributed by atoms with van der Waals surface area (Å²) < 4.78 is 18.7. The van der Waals surface area contributed by atoms with E-state index in [1.54, 1.807) is 36.4 Å². The average molecular weight is 418 g/mol. The minimum Gasteiger partial charge on any atom is -0.411 e. The van der Waals surface area contributed by atoms with Gasteiger partial charge in [0.25, 0.3) is 5.22 Å². The fourth-order valence-corrected chi connectivity index (χ4v) is 3.66. The normalized spacial score (nSPS) is 14.6. The molecule has 1 amide bonds. The van der Waals surface area contributed by atoms with Gasteiger partial charge in [0.15, 0.2) is 0 Å². The van der Waals surface area contributed by atoms with Gasteiger partial charge in [0.1, 0.15) is 5.82 Å². The summed E-state index contributed by atoms with van der Waals surface area (Å²) in [6.07, 6.45) is 1.97. The monoisotopic (exact) mass is 417 g/mol. The molecule has 0 radical (unpaired) electrons. The zero-order valence-corrected chi connectivity index (χ0v) is 16.4. The van der Waals surface area contributed by atoms with Crippen molar-refractivity contribution in [3.05, 3.63) is 64.9 Å². The van der Waals surface area contributed by atoms with E-state index in [0.29, 0.717) is 22.7 Å². The Kier molecular flexibility index (Phi) is 5.37. The van der Waals surface area contributed by atoms with Crippen LogP contribution in [0.5, 0.6) is 0 Å². The molecule has 1 aromatic heterocycles. The molecular weight excluding hydrogens is 401 g/mol.